The van der Waals surface area contributed by atoms with Gasteiger partial charge in [0.05, 0.1) is 24.0 Å². The van der Waals surface area contributed by atoms with E-state index >= 15 is 0 Å². The summed E-state index contributed by atoms with van der Waals surface area (Å²) in [7, 11) is -1.90. The summed E-state index contributed by atoms with van der Waals surface area (Å²) in [5, 5.41) is 9.25. The van der Waals surface area contributed by atoms with Gasteiger partial charge in [-0.2, -0.15) is 5.26 Å². The van der Waals surface area contributed by atoms with Crippen LogP contribution < -0.4 is 9.80 Å². The largest absolute Gasteiger partial charge is 0.413 e. The molecule has 0 spiro atoms. The maximum atomic E-state index is 13.0. The first-order valence-electron chi connectivity index (χ1n) is 14.1. The Morgan fingerprint density at radius 2 is 1.73 bits per heavy atom. The molecule has 0 bridgehead atoms. The second-order valence-corrected chi connectivity index (χ2v) is 17.4. The van der Waals surface area contributed by atoms with Crippen LogP contribution in [-0.4, -0.2) is 36.8 Å². The highest BCUT2D eigenvalue weighted by atomic mass is 28.4. The second kappa shape index (κ2) is 10.8. The zero-order chi connectivity index (χ0) is 28.7. The number of hydrogen-bond acceptors (Lipinski definition) is 6. The van der Waals surface area contributed by atoms with Crippen molar-refractivity contribution in [3.8, 4) is 17.2 Å². The minimum Gasteiger partial charge on any atom is -0.413 e. The van der Waals surface area contributed by atoms with Gasteiger partial charge in [0.1, 0.15) is 6.07 Å². The molecule has 2 heterocycles. The molecule has 0 radical (unpaired) electrons. The normalized spacial score (nSPS) is 17.4. The first-order valence-corrected chi connectivity index (χ1v) is 17.0. The minimum atomic E-state index is -1.90. The van der Waals surface area contributed by atoms with Crippen molar-refractivity contribution < 1.29 is 9.22 Å². The predicted molar refractivity (Wildman–Crippen MR) is 161 cm³/mol. The van der Waals surface area contributed by atoms with Crippen molar-refractivity contribution in [3.63, 3.8) is 0 Å². The van der Waals surface area contributed by atoms with E-state index in [1.54, 1.807) is 19.3 Å². The standard InChI is InChI=1S/C32H39N5O2Si/c1-22(38)37-28-14-13-24(27-17-34-31(16-33)35-18-27)15-29(28)36(20-30(37)23-11-12-23)19-25-9-7-8-10-26(25)21-39-40(5,6)32(2,3)4/h7-10,13-15,17-18,23,30H,11-12,19-21H2,1-6H3. The molecule has 1 aliphatic heterocycles. The number of nitriles is 1. The molecular formula is C32H39N5O2Si. The number of hydrogen-bond donors (Lipinski definition) is 0. The second-order valence-electron chi connectivity index (χ2n) is 12.6. The van der Waals surface area contributed by atoms with E-state index in [4.69, 9.17) is 9.69 Å². The van der Waals surface area contributed by atoms with Gasteiger partial charge in [0.2, 0.25) is 11.7 Å². The summed E-state index contributed by atoms with van der Waals surface area (Å²) in [6, 6.07) is 16.9. The van der Waals surface area contributed by atoms with E-state index in [0.717, 1.165) is 48.4 Å². The number of anilines is 2. The van der Waals surface area contributed by atoms with Crippen LogP contribution in [0.3, 0.4) is 0 Å². The quantitative estimate of drug-likeness (QED) is 0.303. The number of carbonyl (C=O) groups is 1. The van der Waals surface area contributed by atoms with Crippen LogP contribution in [0.25, 0.3) is 11.1 Å². The van der Waals surface area contributed by atoms with Crippen LogP contribution in [0.5, 0.6) is 0 Å². The summed E-state index contributed by atoms with van der Waals surface area (Å²) in [6.07, 6.45) is 5.69. The zero-order valence-corrected chi connectivity index (χ0v) is 25.4. The molecule has 5 rings (SSSR count). The Kier molecular flexibility index (Phi) is 7.55. The van der Waals surface area contributed by atoms with Gasteiger partial charge in [0, 0.05) is 38.0 Å². The van der Waals surface area contributed by atoms with E-state index in [-0.39, 0.29) is 22.8 Å². The summed E-state index contributed by atoms with van der Waals surface area (Å²) in [6.45, 7) is 15.2. The highest BCUT2D eigenvalue weighted by Crippen LogP contribution is 2.46. The molecule has 1 atom stereocenters. The summed E-state index contributed by atoms with van der Waals surface area (Å²) >= 11 is 0. The van der Waals surface area contributed by atoms with Gasteiger partial charge in [-0.15, -0.1) is 0 Å². The summed E-state index contributed by atoms with van der Waals surface area (Å²) in [5.74, 6) is 0.758. The Balaban J connectivity index is 1.51. The topological polar surface area (TPSA) is 82.3 Å². The maximum Gasteiger partial charge on any atom is 0.232 e. The fourth-order valence-corrected chi connectivity index (χ4v) is 6.16. The first kappa shape index (κ1) is 28.0. The van der Waals surface area contributed by atoms with E-state index in [2.05, 4.69) is 85.1 Å². The highest BCUT2D eigenvalue weighted by molar-refractivity contribution is 6.74. The fraction of sp³-hybridized carbons (Fsp3) is 0.438. The zero-order valence-electron chi connectivity index (χ0n) is 24.4. The lowest BCUT2D eigenvalue weighted by Gasteiger charge is -2.44. The van der Waals surface area contributed by atoms with Crippen molar-refractivity contribution in [2.24, 2.45) is 5.92 Å². The van der Waals surface area contributed by atoms with Crippen molar-refractivity contribution >= 4 is 25.6 Å². The Morgan fingerprint density at radius 3 is 2.33 bits per heavy atom. The maximum absolute atomic E-state index is 13.0. The van der Waals surface area contributed by atoms with Crippen LogP contribution in [-0.2, 0) is 22.4 Å². The van der Waals surface area contributed by atoms with Crippen LogP contribution in [0.4, 0.5) is 11.4 Å². The number of aromatic nitrogens is 2. The van der Waals surface area contributed by atoms with E-state index in [0.29, 0.717) is 12.5 Å². The average molecular weight is 554 g/mol. The number of benzene rings is 2. The minimum absolute atomic E-state index is 0.0791. The molecule has 0 saturated heterocycles. The molecule has 1 fully saturated rings. The molecule has 1 aromatic heterocycles. The van der Waals surface area contributed by atoms with Crippen LogP contribution >= 0.6 is 0 Å². The lowest BCUT2D eigenvalue weighted by molar-refractivity contribution is -0.117. The van der Waals surface area contributed by atoms with Crippen LogP contribution in [0.15, 0.2) is 54.9 Å². The highest BCUT2D eigenvalue weighted by Gasteiger charge is 2.42. The SMILES string of the molecule is CC(=O)N1c2ccc(-c3cnc(C#N)nc3)cc2N(Cc2ccccc2CO[Si](C)(C)C(C)(C)C)CC1C1CC1. The average Bonchev–Trinajstić information content (AvgIpc) is 3.77. The van der Waals surface area contributed by atoms with Crippen LogP contribution in [0, 0.1) is 17.2 Å². The molecule has 2 aromatic carbocycles. The molecule has 1 aliphatic carbocycles. The summed E-state index contributed by atoms with van der Waals surface area (Å²) < 4.78 is 6.62. The van der Waals surface area contributed by atoms with Crippen molar-refractivity contribution in [2.45, 2.75) is 77.9 Å². The lowest BCUT2D eigenvalue weighted by atomic mass is 9.98. The van der Waals surface area contributed by atoms with Crippen molar-refractivity contribution in [1.82, 2.24) is 9.97 Å². The van der Waals surface area contributed by atoms with Gasteiger partial charge in [-0.05, 0) is 65.7 Å². The summed E-state index contributed by atoms with van der Waals surface area (Å²) in [5.41, 5.74) is 6.21. The van der Waals surface area contributed by atoms with Crippen LogP contribution in [0.1, 0.15) is 57.5 Å². The molecular weight excluding hydrogens is 514 g/mol. The third kappa shape index (κ3) is 5.67. The Bertz CT molecular complexity index is 1440. The number of amides is 1. The Labute approximate surface area is 239 Å². The van der Waals surface area contributed by atoms with Gasteiger partial charge in [0.15, 0.2) is 8.32 Å². The number of nitrogens with zero attached hydrogens (tertiary/aromatic N) is 5. The van der Waals surface area contributed by atoms with E-state index in [1.807, 2.05) is 17.0 Å². The molecule has 7 nitrogen and oxygen atoms in total. The van der Waals surface area contributed by atoms with Gasteiger partial charge in [-0.25, -0.2) is 9.97 Å². The molecule has 3 aromatic rings. The van der Waals surface area contributed by atoms with E-state index in [9.17, 15) is 4.79 Å². The first-order chi connectivity index (χ1) is 19.0. The van der Waals surface area contributed by atoms with Crippen molar-refractivity contribution in [3.05, 3.63) is 71.8 Å². The third-order valence-electron chi connectivity index (χ3n) is 8.78. The van der Waals surface area contributed by atoms with E-state index in [1.165, 1.54) is 11.1 Å². The molecule has 1 amide bonds. The number of rotatable bonds is 7. The molecule has 8 heteroatoms. The molecule has 2 aliphatic rings. The molecule has 40 heavy (non-hydrogen) atoms. The van der Waals surface area contributed by atoms with Gasteiger partial charge < -0.3 is 14.2 Å². The smallest absolute Gasteiger partial charge is 0.232 e. The van der Waals surface area contributed by atoms with Gasteiger partial charge in [-0.3, -0.25) is 4.79 Å². The number of fused-ring (bicyclic) bond motifs is 1. The molecule has 0 N–H and O–H groups in total. The fourth-order valence-electron chi connectivity index (χ4n) is 5.21. The lowest BCUT2D eigenvalue weighted by Crippen LogP contribution is -2.52. The monoisotopic (exact) mass is 553 g/mol. The Hall–Kier alpha value is -3.54. The van der Waals surface area contributed by atoms with Gasteiger partial charge in [-0.1, -0.05) is 51.1 Å². The molecule has 1 saturated carbocycles. The summed E-state index contributed by atoms with van der Waals surface area (Å²) in [4.78, 5) is 25.7. The molecule has 208 valence electrons. The third-order valence-corrected chi connectivity index (χ3v) is 13.3. The molecule has 1 unspecified atom stereocenters. The van der Waals surface area contributed by atoms with Crippen LogP contribution in [0.2, 0.25) is 18.1 Å². The van der Waals surface area contributed by atoms with E-state index < -0.39 is 8.32 Å². The predicted octanol–water partition coefficient (Wildman–Crippen LogP) is 6.69. The Morgan fingerprint density at radius 1 is 1.05 bits per heavy atom. The number of carbonyl (C=O) groups excluding carboxylic acids is 1. The van der Waals surface area contributed by atoms with Gasteiger partial charge >= 0.3 is 0 Å². The van der Waals surface area contributed by atoms with Crippen molar-refractivity contribution in [1.29, 1.82) is 5.26 Å². The van der Waals surface area contributed by atoms with Gasteiger partial charge in [0.25, 0.3) is 0 Å². The van der Waals surface area contributed by atoms with Crippen molar-refractivity contribution in [2.75, 3.05) is 16.3 Å².